The minimum atomic E-state index is -0.0395. The van der Waals surface area contributed by atoms with Gasteiger partial charge in [-0.3, -0.25) is 4.98 Å². The van der Waals surface area contributed by atoms with E-state index in [-0.39, 0.29) is 12.1 Å². The maximum absolute atomic E-state index is 6.23. The molecule has 1 aromatic carbocycles. The molecule has 0 aliphatic carbocycles. The zero-order valence-corrected chi connectivity index (χ0v) is 17.8. The van der Waals surface area contributed by atoms with Gasteiger partial charge in [0.25, 0.3) is 0 Å². The van der Waals surface area contributed by atoms with Crippen LogP contribution in [-0.2, 0) is 0 Å². The Hall–Kier alpha value is -1.47. The number of benzene rings is 1. The van der Waals surface area contributed by atoms with E-state index < -0.39 is 0 Å². The van der Waals surface area contributed by atoms with Gasteiger partial charge in [-0.05, 0) is 67.2 Å². The second kappa shape index (κ2) is 7.27. The van der Waals surface area contributed by atoms with E-state index in [1.165, 1.54) is 0 Å². The molecule has 0 bridgehead atoms. The van der Waals surface area contributed by atoms with E-state index in [9.17, 15) is 0 Å². The predicted molar refractivity (Wildman–Crippen MR) is 116 cm³/mol. The molecule has 1 saturated heterocycles. The summed E-state index contributed by atoms with van der Waals surface area (Å²) in [5, 5.41) is 4.15. The first-order chi connectivity index (χ1) is 12.5. The predicted octanol–water partition coefficient (Wildman–Crippen LogP) is 6.04. The van der Waals surface area contributed by atoms with Crippen LogP contribution in [0, 0.1) is 6.92 Å². The Morgan fingerprint density at radius 2 is 2.08 bits per heavy atom. The summed E-state index contributed by atoms with van der Waals surface area (Å²) < 4.78 is 1.85. The Labute approximate surface area is 175 Å². The maximum Gasteiger partial charge on any atom is 0.174 e. The molecule has 2 atom stereocenters. The van der Waals surface area contributed by atoms with Crippen LogP contribution in [0.4, 0.5) is 5.69 Å². The van der Waals surface area contributed by atoms with Crippen molar-refractivity contribution in [3.8, 4) is 0 Å². The largest absolute Gasteiger partial charge is 0.351 e. The van der Waals surface area contributed by atoms with E-state index in [0.717, 1.165) is 30.6 Å². The summed E-state index contributed by atoms with van der Waals surface area (Å²) in [4.78, 5) is 7.87. The molecule has 0 unspecified atom stereocenters. The number of aryl methyl sites for hydroxylation is 1. The lowest BCUT2D eigenvalue weighted by molar-refractivity contribution is 0.575. The molecular formula is C19H15BrClN3S2. The van der Waals surface area contributed by atoms with Crippen LogP contribution in [0.1, 0.15) is 28.2 Å². The van der Waals surface area contributed by atoms with E-state index in [1.54, 1.807) is 11.3 Å². The number of halogens is 2. The van der Waals surface area contributed by atoms with Crippen molar-refractivity contribution in [1.29, 1.82) is 0 Å². The van der Waals surface area contributed by atoms with Gasteiger partial charge in [0, 0.05) is 21.2 Å². The third-order valence-corrected chi connectivity index (χ3v) is 6.91. The molecule has 0 amide bonds. The van der Waals surface area contributed by atoms with Crippen LogP contribution in [0.5, 0.6) is 0 Å². The fraction of sp³-hybridized carbons (Fsp3) is 0.158. The number of nitrogens with zero attached hydrogens (tertiary/aromatic N) is 2. The van der Waals surface area contributed by atoms with Gasteiger partial charge in [-0.25, -0.2) is 0 Å². The number of aromatic nitrogens is 1. The van der Waals surface area contributed by atoms with Crippen molar-refractivity contribution in [3.63, 3.8) is 0 Å². The van der Waals surface area contributed by atoms with Crippen molar-refractivity contribution < 1.29 is 0 Å². The Balaban J connectivity index is 1.83. The Kier molecular flexibility index (Phi) is 5.01. The quantitative estimate of drug-likeness (QED) is 0.478. The van der Waals surface area contributed by atoms with Gasteiger partial charge in [-0.15, -0.1) is 11.3 Å². The summed E-state index contributed by atoms with van der Waals surface area (Å²) in [5.41, 5.74) is 3.17. The lowest BCUT2D eigenvalue weighted by Gasteiger charge is -2.27. The summed E-state index contributed by atoms with van der Waals surface area (Å²) >= 11 is 17.1. The number of pyridine rings is 1. The topological polar surface area (TPSA) is 28.2 Å². The van der Waals surface area contributed by atoms with E-state index in [4.69, 9.17) is 23.8 Å². The molecule has 0 spiro atoms. The van der Waals surface area contributed by atoms with Gasteiger partial charge in [0.2, 0.25) is 0 Å². The monoisotopic (exact) mass is 463 g/mol. The minimum absolute atomic E-state index is 0.00419. The van der Waals surface area contributed by atoms with Crippen LogP contribution < -0.4 is 10.2 Å². The van der Waals surface area contributed by atoms with E-state index in [0.29, 0.717) is 5.11 Å². The Bertz CT molecular complexity index is 960. The first kappa shape index (κ1) is 17.9. The normalized spacial score (nSPS) is 19.7. The second-order valence-electron chi connectivity index (χ2n) is 6.07. The van der Waals surface area contributed by atoms with Crippen LogP contribution in [0.25, 0.3) is 0 Å². The van der Waals surface area contributed by atoms with Gasteiger partial charge in [0.15, 0.2) is 5.11 Å². The number of thiocarbonyl (C=S) groups is 1. The van der Waals surface area contributed by atoms with Gasteiger partial charge in [0.1, 0.15) is 0 Å². The molecule has 1 N–H and O–H groups in total. The fourth-order valence-electron chi connectivity index (χ4n) is 3.19. The van der Waals surface area contributed by atoms with Crippen molar-refractivity contribution in [2.24, 2.45) is 0 Å². The summed E-state index contributed by atoms with van der Waals surface area (Å²) in [6.45, 7) is 2.08. The zero-order chi connectivity index (χ0) is 18.3. The lowest BCUT2D eigenvalue weighted by Crippen LogP contribution is -2.29. The third-order valence-electron chi connectivity index (χ3n) is 4.40. The van der Waals surface area contributed by atoms with Crippen LogP contribution >= 0.6 is 51.1 Å². The highest BCUT2D eigenvalue weighted by atomic mass is 79.9. The smallest absolute Gasteiger partial charge is 0.174 e. The highest BCUT2D eigenvalue weighted by molar-refractivity contribution is 9.10. The van der Waals surface area contributed by atoms with Crippen LogP contribution in [0.3, 0.4) is 0 Å². The third kappa shape index (κ3) is 3.27. The molecule has 1 aliphatic rings. The van der Waals surface area contributed by atoms with Crippen LogP contribution in [-0.4, -0.2) is 10.1 Å². The fourth-order valence-corrected chi connectivity index (χ4v) is 4.97. The molecule has 3 heterocycles. The Morgan fingerprint density at radius 3 is 2.73 bits per heavy atom. The summed E-state index contributed by atoms with van der Waals surface area (Å²) in [6, 6.07) is 16.2. The van der Waals surface area contributed by atoms with Crippen LogP contribution in [0.15, 0.2) is 59.2 Å². The molecule has 3 aromatic rings. The number of hydrogen-bond acceptors (Lipinski definition) is 3. The number of anilines is 1. The molecule has 0 saturated carbocycles. The highest BCUT2D eigenvalue weighted by Crippen LogP contribution is 2.44. The number of rotatable bonds is 3. The molecule has 132 valence electrons. The lowest BCUT2D eigenvalue weighted by atomic mass is 10.0. The van der Waals surface area contributed by atoms with Crippen molar-refractivity contribution in [3.05, 3.63) is 79.7 Å². The van der Waals surface area contributed by atoms with E-state index in [2.05, 4.69) is 62.3 Å². The standard InChI is InChI=1S/C19H15BrClN3S2/c1-11-10-12(5-6-13(11)20)24-18(15-7-8-16(21)26-15)17(23-19(24)25)14-4-2-3-9-22-14/h2-10,17-18H,1H3,(H,23,25)/t17-,18-/m1/s1. The molecule has 26 heavy (non-hydrogen) atoms. The second-order valence-corrected chi connectivity index (χ2v) is 9.06. The molecule has 1 aliphatic heterocycles. The molecule has 7 heteroatoms. The molecule has 3 nitrogen and oxygen atoms in total. The first-order valence-corrected chi connectivity index (χ1v) is 10.5. The number of hydrogen-bond donors (Lipinski definition) is 1. The van der Waals surface area contributed by atoms with Crippen molar-refractivity contribution >= 4 is 61.9 Å². The molecular weight excluding hydrogens is 450 g/mol. The zero-order valence-electron chi connectivity index (χ0n) is 13.8. The molecule has 1 fully saturated rings. The average Bonchev–Trinajstić information content (AvgIpc) is 3.21. The van der Waals surface area contributed by atoms with Crippen molar-refractivity contribution in [2.45, 2.75) is 19.0 Å². The Morgan fingerprint density at radius 1 is 1.23 bits per heavy atom. The van der Waals surface area contributed by atoms with Crippen molar-refractivity contribution in [2.75, 3.05) is 4.90 Å². The summed E-state index contributed by atoms with van der Waals surface area (Å²) in [5.74, 6) is 0. The van der Waals surface area contributed by atoms with Crippen molar-refractivity contribution in [1.82, 2.24) is 10.3 Å². The number of nitrogens with one attached hydrogen (secondary N) is 1. The summed E-state index contributed by atoms with van der Waals surface area (Å²) in [7, 11) is 0. The molecule has 4 rings (SSSR count). The van der Waals surface area contributed by atoms with Gasteiger partial charge in [-0.1, -0.05) is 33.6 Å². The highest BCUT2D eigenvalue weighted by Gasteiger charge is 2.41. The van der Waals surface area contributed by atoms with Gasteiger partial charge >= 0.3 is 0 Å². The van der Waals surface area contributed by atoms with E-state index in [1.807, 2.05) is 30.5 Å². The van der Waals surface area contributed by atoms with Crippen LogP contribution in [0.2, 0.25) is 4.34 Å². The van der Waals surface area contributed by atoms with E-state index >= 15 is 0 Å². The SMILES string of the molecule is Cc1cc(N2C(=S)N[C@H](c3ccccn3)[C@H]2c2ccc(Cl)s2)ccc1Br. The minimum Gasteiger partial charge on any atom is -0.351 e. The molecule has 2 aromatic heterocycles. The number of thiophene rings is 1. The molecule has 0 radical (unpaired) electrons. The van der Waals surface area contributed by atoms with Gasteiger partial charge in [0.05, 0.1) is 22.1 Å². The average molecular weight is 465 g/mol. The maximum atomic E-state index is 6.23. The van der Waals surface area contributed by atoms with Gasteiger partial charge < -0.3 is 10.2 Å². The first-order valence-electron chi connectivity index (χ1n) is 8.06. The van der Waals surface area contributed by atoms with Gasteiger partial charge in [-0.2, -0.15) is 0 Å². The summed E-state index contributed by atoms with van der Waals surface area (Å²) in [6.07, 6.45) is 1.81.